The molecule has 0 bridgehead atoms. The van der Waals surface area contributed by atoms with Crippen LogP contribution in [-0.4, -0.2) is 49.8 Å². The first-order chi connectivity index (χ1) is 14.0. The molecule has 0 heterocycles. The summed E-state index contributed by atoms with van der Waals surface area (Å²) >= 11 is 0. The van der Waals surface area contributed by atoms with Crippen molar-refractivity contribution in [2.24, 2.45) is 17.8 Å². The summed E-state index contributed by atoms with van der Waals surface area (Å²) < 4.78 is 0. The predicted octanol–water partition coefficient (Wildman–Crippen LogP) is 4.36. The van der Waals surface area contributed by atoms with Gasteiger partial charge in [-0.25, -0.2) is 0 Å². The van der Waals surface area contributed by atoms with E-state index in [-0.39, 0.29) is 6.10 Å². The summed E-state index contributed by atoms with van der Waals surface area (Å²) in [6, 6.07) is 8.78. The van der Waals surface area contributed by atoms with Crippen LogP contribution in [0.15, 0.2) is 48.1 Å². The SMILES string of the molecule is Cc1cccc(CC/C=C/[C@@H]2[C@H]3CC(CCNCCCN(C)C)=C[C@H]3C[C@H]2O)c1. The Morgan fingerprint density at radius 3 is 2.86 bits per heavy atom. The molecular formula is C26H40N2O. The van der Waals surface area contributed by atoms with Crippen LogP contribution in [0.2, 0.25) is 0 Å². The zero-order valence-electron chi connectivity index (χ0n) is 18.6. The molecule has 0 aliphatic heterocycles. The predicted molar refractivity (Wildman–Crippen MR) is 123 cm³/mol. The van der Waals surface area contributed by atoms with E-state index in [9.17, 15) is 5.11 Å². The van der Waals surface area contributed by atoms with Crippen LogP contribution in [0.25, 0.3) is 0 Å². The minimum atomic E-state index is -0.165. The maximum Gasteiger partial charge on any atom is 0.0611 e. The molecule has 2 aliphatic carbocycles. The second-order valence-electron chi connectivity index (χ2n) is 9.35. The number of rotatable bonds is 11. The lowest BCUT2D eigenvalue weighted by Gasteiger charge is -2.18. The fourth-order valence-corrected chi connectivity index (χ4v) is 5.06. The van der Waals surface area contributed by atoms with Gasteiger partial charge in [-0.2, -0.15) is 0 Å². The lowest BCUT2D eigenvalue weighted by Crippen LogP contribution is -2.22. The third kappa shape index (κ3) is 6.80. The van der Waals surface area contributed by atoms with Crippen LogP contribution in [0, 0.1) is 24.7 Å². The van der Waals surface area contributed by atoms with Crippen molar-refractivity contribution in [3.05, 3.63) is 59.2 Å². The van der Waals surface area contributed by atoms with E-state index < -0.39 is 0 Å². The third-order valence-electron chi connectivity index (χ3n) is 6.57. The Bertz CT molecular complexity index is 694. The number of hydrogen-bond acceptors (Lipinski definition) is 3. The van der Waals surface area contributed by atoms with Gasteiger partial charge in [0.15, 0.2) is 0 Å². The Kier molecular flexibility index (Phi) is 8.53. The van der Waals surface area contributed by atoms with E-state index in [1.165, 1.54) is 24.0 Å². The number of allylic oxidation sites excluding steroid dienone is 2. The molecule has 1 aromatic rings. The summed E-state index contributed by atoms with van der Waals surface area (Å²) in [6.45, 7) is 5.48. The Morgan fingerprint density at radius 1 is 1.21 bits per heavy atom. The quantitative estimate of drug-likeness (QED) is 0.431. The van der Waals surface area contributed by atoms with Crippen molar-refractivity contribution in [1.82, 2.24) is 10.2 Å². The summed E-state index contributed by atoms with van der Waals surface area (Å²) in [5, 5.41) is 14.1. The van der Waals surface area contributed by atoms with Gasteiger partial charge in [-0.3, -0.25) is 0 Å². The lowest BCUT2D eigenvalue weighted by atomic mass is 9.89. The van der Waals surface area contributed by atoms with Crippen LogP contribution in [-0.2, 0) is 6.42 Å². The number of nitrogens with zero attached hydrogens (tertiary/aromatic N) is 1. The van der Waals surface area contributed by atoms with E-state index in [4.69, 9.17) is 0 Å². The normalized spacial score (nSPS) is 26.4. The standard InChI is InChI=1S/C26H40N2O/c1-20-8-6-10-21(16-20)9-4-5-11-24-25-18-22(17-23(25)19-26(24)29)12-14-27-13-7-15-28(2)3/h5-6,8,10-11,16-17,23-27,29H,4,7,9,12-15,18-19H2,1-3H3/b11-5+/t23-,24+,25-,26+/m0/s1. The van der Waals surface area contributed by atoms with Crippen molar-refractivity contribution < 1.29 is 5.11 Å². The summed E-state index contributed by atoms with van der Waals surface area (Å²) in [5.74, 6) is 1.53. The van der Waals surface area contributed by atoms with Crippen LogP contribution in [0.1, 0.15) is 43.2 Å². The first-order valence-electron chi connectivity index (χ1n) is 11.5. The van der Waals surface area contributed by atoms with Crippen LogP contribution >= 0.6 is 0 Å². The second-order valence-corrected chi connectivity index (χ2v) is 9.35. The summed E-state index contributed by atoms with van der Waals surface area (Å²) in [6.07, 6.45) is 13.6. The van der Waals surface area contributed by atoms with Crippen molar-refractivity contribution in [2.45, 2.75) is 51.6 Å². The van der Waals surface area contributed by atoms with Gasteiger partial charge in [0.25, 0.3) is 0 Å². The minimum absolute atomic E-state index is 0.165. The molecule has 160 valence electrons. The summed E-state index contributed by atoms with van der Waals surface area (Å²) in [5.41, 5.74) is 4.34. The van der Waals surface area contributed by atoms with Gasteiger partial charge in [0.1, 0.15) is 0 Å². The van der Waals surface area contributed by atoms with Gasteiger partial charge in [-0.1, -0.05) is 53.6 Å². The van der Waals surface area contributed by atoms with E-state index in [1.54, 1.807) is 5.57 Å². The zero-order chi connectivity index (χ0) is 20.6. The molecule has 1 aromatic carbocycles. The van der Waals surface area contributed by atoms with Gasteiger partial charge in [0.2, 0.25) is 0 Å². The number of nitrogens with one attached hydrogen (secondary N) is 1. The largest absolute Gasteiger partial charge is 0.392 e. The smallest absolute Gasteiger partial charge is 0.0611 e. The molecule has 0 amide bonds. The maximum absolute atomic E-state index is 10.6. The number of hydrogen-bond donors (Lipinski definition) is 2. The first kappa shape index (κ1) is 22.3. The minimum Gasteiger partial charge on any atom is -0.392 e. The molecule has 2 aliphatic rings. The zero-order valence-corrected chi connectivity index (χ0v) is 18.6. The van der Waals surface area contributed by atoms with Gasteiger partial charge >= 0.3 is 0 Å². The van der Waals surface area contributed by atoms with Crippen LogP contribution in [0.4, 0.5) is 0 Å². The molecule has 1 saturated carbocycles. The van der Waals surface area contributed by atoms with Crippen molar-refractivity contribution >= 4 is 0 Å². The highest BCUT2D eigenvalue weighted by Gasteiger charge is 2.42. The van der Waals surface area contributed by atoms with Crippen LogP contribution < -0.4 is 5.32 Å². The average Bonchev–Trinajstić information content (AvgIpc) is 3.18. The maximum atomic E-state index is 10.6. The lowest BCUT2D eigenvalue weighted by molar-refractivity contribution is 0.141. The Labute approximate surface area is 177 Å². The molecule has 3 rings (SSSR count). The van der Waals surface area contributed by atoms with E-state index >= 15 is 0 Å². The molecule has 0 spiro atoms. The highest BCUT2D eigenvalue weighted by atomic mass is 16.3. The van der Waals surface area contributed by atoms with Crippen molar-refractivity contribution in [1.29, 1.82) is 0 Å². The molecule has 3 heteroatoms. The molecule has 29 heavy (non-hydrogen) atoms. The monoisotopic (exact) mass is 396 g/mol. The molecule has 0 unspecified atom stereocenters. The van der Waals surface area contributed by atoms with Crippen molar-refractivity contribution in [2.75, 3.05) is 33.7 Å². The molecule has 1 fully saturated rings. The highest BCUT2D eigenvalue weighted by Crippen LogP contribution is 2.47. The molecule has 4 atom stereocenters. The highest BCUT2D eigenvalue weighted by molar-refractivity contribution is 5.23. The van der Waals surface area contributed by atoms with Gasteiger partial charge in [0, 0.05) is 5.92 Å². The second kappa shape index (κ2) is 11.1. The Morgan fingerprint density at radius 2 is 2.07 bits per heavy atom. The number of aliphatic hydroxyl groups is 1. The molecule has 0 saturated heterocycles. The molecule has 3 nitrogen and oxygen atoms in total. The molecule has 0 radical (unpaired) electrons. The fourth-order valence-electron chi connectivity index (χ4n) is 5.06. The van der Waals surface area contributed by atoms with E-state index in [0.717, 1.165) is 45.3 Å². The molecule has 2 N–H and O–H groups in total. The van der Waals surface area contributed by atoms with E-state index in [1.807, 2.05) is 0 Å². The number of fused-ring (bicyclic) bond motifs is 1. The van der Waals surface area contributed by atoms with Gasteiger partial charge < -0.3 is 15.3 Å². The van der Waals surface area contributed by atoms with Crippen molar-refractivity contribution in [3.63, 3.8) is 0 Å². The average molecular weight is 397 g/mol. The Balaban J connectivity index is 1.39. The van der Waals surface area contributed by atoms with Crippen LogP contribution in [0.5, 0.6) is 0 Å². The number of benzene rings is 1. The van der Waals surface area contributed by atoms with Crippen LogP contribution in [0.3, 0.4) is 0 Å². The fraction of sp³-hybridized carbons (Fsp3) is 0.615. The summed E-state index contributed by atoms with van der Waals surface area (Å²) in [4.78, 5) is 2.24. The first-order valence-corrected chi connectivity index (χ1v) is 11.5. The number of aliphatic hydroxyl groups excluding tert-OH is 1. The number of aryl methyl sites for hydroxylation is 2. The third-order valence-corrected chi connectivity index (χ3v) is 6.57. The van der Waals surface area contributed by atoms with Crippen molar-refractivity contribution in [3.8, 4) is 0 Å². The van der Waals surface area contributed by atoms with Gasteiger partial charge in [-0.05, 0) is 96.6 Å². The van der Waals surface area contributed by atoms with Gasteiger partial charge in [0.05, 0.1) is 6.10 Å². The Hall–Kier alpha value is -1.42. The van der Waals surface area contributed by atoms with E-state index in [0.29, 0.717) is 17.8 Å². The van der Waals surface area contributed by atoms with Gasteiger partial charge in [-0.15, -0.1) is 0 Å². The summed E-state index contributed by atoms with van der Waals surface area (Å²) in [7, 11) is 4.26. The van der Waals surface area contributed by atoms with E-state index in [2.05, 4.69) is 73.7 Å². The molecular weight excluding hydrogens is 356 g/mol. The topological polar surface area (TPSA) is 35.5 Å². The molecule has 0 aromatic heterocycles.